The molecule has 0 aliphatic carbocycles. The first-order valence-corrected chi connectivity index (χ1v) is 5.60. The first-order chi connectivity index (χ1) is 8.15. The number of fused-ring (bicyclic) bond motifs is 1. The summed E-state index contributed by atoms with van der Waals surface area (Å²) >= 11 is 2.87. The summed E-state index contributed by atoms with van der Waals surface area (Å²) < 4.78 is 51.7. The van der Waals surface area contributed by atoms with Crippen molar-refractivity contribution in [3.63, 3.8) is 0 Å². The molecule has 98 valence electrons. The largest absolute Gasteiger partial charge is 0.420 e. The standard InChI is InChI=1S/C10H7BrF4N2O/c1-9(10(13,14)15)8(18)16-6-3-5(12)4(11)2-7(6)17-9/h2-3,17H,1H3,(H,16,18). The molecule has 0 bridgehead atoms. The van der Waals surface area contributed by atoms with Crippen molar-refractivity contribution >= 4 is 33.2 Å². The van der Waals surface area contributed by atoms with Crippen LogP contribution in [-0.2, 0) is 4.79 Å². The maximum atomic E-state index is 13.2. The number of nitrogens with one attached hydrogen (secondary N) is 2. The third kappa shape index (κ3) is 1.84. The van der Waals surface area contributed by atoms with Crippen LogP contribution in [0, 0.1) is 5.82 Å². The van der Waals surface area contributed by atoms with E-state index in [4.69, 9.17) is 0 Å². The minimum Gasteiger partial charge on any atom is -0.362 e. The van der Waals surface area contributed by atoms with E-state index in [0.717, 1.165) is 19.1 Å². The Balaban J connectivity index is 2.51. The SMILES string of the molecule is CC1(C(F)(F)F)Nc2cc(Br)c(F)cc2NC1=O. The molecule has 1 unspecified atom stereocenters. The Morgan fingerprint density at radius 1 is 1.28 bits per heavy atom. The molecule has 1 atom stereocenters. The molecule has 1 aromatic carbocycles. The van der Waals surface area contributed by atoms with E-state index < -0.39 is 23.4 Å². The van der Waals surface area contributed by atoms with E-state index in [9.17, 15) is 22.4 Å². The van der Waals surface area contributed by atoms with Gasteiger partial charge in [0.1, 0.15) is 5.82 Å². The summed E-state index contributed by atoms with van der Waals surface area (Å²) in [4.78, 5) is 11.5. The second-order valence-electron chi connectivity index (χ2n) is 4.01. The van der Waals surface area contributed by atoms with Crippen LogP contribution in [0.15, 0.2) is 16.6 Å². The second-order valence-corrected chi connectivity index (χ2v) is 4.87. The fraction of sp³-hybridized carbons (Fsp3) is 0.300. The summed E-state index contributed by atoms with van der Waals surface area (Å²) in [5, 5.41) is 4.14. The molecule has 1 amide bonds. The molecule has 0 radical (unpaired) electrons. The molecule has 0 saturated carbocycles. The lowest BCUT2D eigenvalue weighted by atomic mass is 9.96. The Labute approximate surface area is 108 Å². The van der Waals surface area contributed by atoms with Gasteiger partial charge < -0.3 is 10.6 Å². The second kappa shape index (κ2) is 3.84. The predicted octanol–water partition coefficient (Wildman–Crippen LogP) is 3.27. The summed E-state index contributed by atoms with van der Waals surface area (Å²) in [7, 11) is 0. The van der Waals surface area contributed by atoms with E-state index >= 15 is 0 Å². The Kier molecular flexibility index (Phi) is 2.80. The van der Waals surface area contributed by atoms with Crippen LogP contribution in [-0.4, -0.2) is 17.6 Å². The predicted molar refractivity (Wildman–Crippen MR) is 60.8 cm³/mol. The molecular weight excluding hydrogens is 320 g/mol. The number of rotatable bonds is 0. The molecule has 8 heteroatoms. The topological polar surface area (TPSA) is 41.1 Å². The van der Waals surface area contributed by atoms with Gasteiger partial charge in [0.2, 0.25) is 5.54 Å². The lowest BCUT2D eigenvalue weighted by Gasteiger charge is -2.37. The lowest BCUT2D eigenvalue weighted by molar-refractivity contribution is -0.179. The van der Waals surface area contributed by atoms with Crippen LogP contribution in [0.25, 0.3) is 0 Å². The number of carbonyl (C=O) groups excluding carboxylic acids is 1. The van der Waals surface area contributed by atoms with Gasteiger partial charge in [-0.25, -0.2) is 4.39 Å². The fourth-order valence-electron chi connectivity index (χ4n) is 1.53. The minimum atomic E-state index is -4.77. The van der Waals surface area contributed by atoms with Gasteiger partial charge in [-0.1, -0.05) is 0 Å². The van der Waals surface area contributed by atoms with Gasteiger partial charge in [0.15, 0.2) is 0 Å². The van der Waals surface area contributed by atoms with Crippen LogP contribution in [0.1, 0.15) is 6.92 Å². The highest BCUT2D eigenvalue weighted by atomic mass is 79.9. The average Bonchev–Trinajstić information content (AvgIpc) is 2.21. The number of hydrogen-bond acceptors (Lipinski definition) is 2. The Hall–Kier alpha value is -1.31. The molecule has 1 aromatic rings. The van der Waals surface area contributed by atoms with Crippen molar-refractivity contribution < 1.29 is 22.4 Å². The van der Waals surface area contributed by atoms with Gasteiger partial charge in [0.25, 0.3) is 5.91 Å². The highest BCUT2D eigenvalue weighted by molar-refractivity contribution is 9.10. The van der Waals surface area contributed by atoms with Gasteiger partial charge >= 0.3 is 6.18 Å². The summed E-state index contributed by atoms with van der Waals surface area (Å²) in [5.41, 5.74) is -2.76. The molecule has 0 aromatic heterocycles. The smallest absolute Gasteiger partial charge is 0.362 e. The zero-order valence-electron chi connectivity index (χ0n) is 8.95. The monoisotopic (exact) mass is 326 g/mol. The molecule has 2 N–H and O–H groups in total. The third-order valence-electron chi connectivity index (χ3n) is 2.71. The van der Waals surface area contributed by atoms with E-state index in [1.54, 1.807) is 0 Å². The molecular formula is C10H7BrF4N2O. The lowest BCUT2D eigenvalue weighted by Crippen LogP contribution is -2.60. The van der Waals surface area contributed by atoms with Gasteiger partial charge in [-0.3, -0.25) is 4.79 Å². The number of carbonyl (C=O) groups is 1. The van der Waals surface area contributed by atoms with Crippen molar-refractivity contribution in [2.45, 2.75) is 18.6 Å². The number of hydrogen-bond donors (Lipinski definition) is 2. The van der Waals surface area contributed by atoms with Crippen LogP contribution >= 0.6 is 15.9 Å². The summed E-state index contributed by atoms with van der Waals surface area (Å²) in [6, 6.07) is 2.09. The average molecular weight is 327 g/mol. The molecule has 0 saturated heterocycles. The Bertz CT molecular complexity index is 531. The first-order valence-electron chi connectivity index (χ1n) is 4.80. The highest BCUT2D eigenvalue weighted by Gasteiger charge is 2.58. The van der Waals surface area contributed by atoms with Crippen molar-refractivity contribution in [1.29, 1.82) is 0 Å². The molecule has 1 aliphatic heterocycles. The summed E-state index contributed by atoms with van der Waals surface area (Å²) in [6.45, 7) is 0.725. The number of benzene rings is 1. The van der Waals surface area contributed by atoms with Crippen molar-refractivity contribution in [3.05, 3.63) is 22.4 Å². The van der Waals surface area contributed by atoms with Crippen LogP contribution < -0.4 is 10.6 Å². The molecule has 18 heavy (non-hydrogen) atoms. The first kappa shape index (κ1) is 13.1. The maximum absolute atomic E-state index is 13.2. The molecule has 1 heterocycles. The van der Waals surface area contributed by atoms with Gasteiger partial charge in [-0.05, 0) is 28.9 Å². The normalized spacial score (nSPS) is 23.1. The molecule has 0 spiro atoms. The zero-order chi connectivity index (χ0) is 13.7. The summed E-state index contributed by atoms with van der Waals surface area (Å²) in [5.74, 6) is -1.95. The third-order valence-corrected chi connectivity index (χ3v) is 3.32. The van der Waals surface area contributed by atoms with Crippen LogP contribution in [0.2, 0.25) is 0 Å². The van der Waals surface area contributed by atoms with Crippen LogP contribution in [0.3, 0.4) is 0 Å². The Morgan fingerprint density at radius 3 is 2.44 bits per heavy atom. The van der Waals surface area contributed by atoms with E-state index in [2.05, 4.69) is 21.2 Å². The van der Waals surface area contributed by atoms with Gasteiger partial charge in [-0.15, -0.1) is 0 Å². The van der Waals surface area contributed by atoms with Gasteiger partial charge in [-0.2, -0.15) is 13.2 Å². The molecule has 1 aliphatic rings. The van der Waals surface area contributed by atoms with E-state index in [1.807, 2.05) is 5.32 Å². The van der Waals surface area contributed by atoms with Crippen molar-refractivity contribution in [2.24, 2.45) is 0 Å². The van der Waals surface area contributed by atoms with Crippen molar-refractivity contribution in [1.82, 2.24) is 0 Å². The van der Waals surface area contributed by atoms with Crippen molar-refractivity contribution in [3.8, 4) is 0 Å². The minimum absolute atomic E-state index is 0.00250. The summed E-state index contributed by atoms with van der Waals surface area (Å²) in [6.07, 6.45) is -4.77. The molecule has 3 nitrogen and oxygen atoms in total. The van der Waals surface area contributed by atoms with E-state index in [1.165, 1.54) is 0 Å². The van der Waals surface area contributed by atoms with Gasteiger partial charge in [0, 0.05) is 6.07 Å². The molecule has 0 fully saturated rings. The molecule has 2 rings (SSSR count). The number of alkyl halides is 3. The maximum Gasteiger partial charge on any atom is 0.420 e. The fourth-order valence-corrected chi connectivity index (χ4v) is 1.87. The van der Waals surface area contributed by atoms with Crippen LogP contribution in [0.5, 0.6) is 0 Å². The quantitative estimate of drug-likeness (QED) is 0.718. The van der Waals surface area contributed by atoms with Crippen molar-refractivity contribution in [2.75, 3.05) is 10.6 Å². The Morgan fingerprint density at radius 2 is 1.89 bits per heavy atom. The van der Waals surface area contributed by atoms with E-state index in [0.29, 0.717) is 0 Å². The highest BCUT2D eigenvalue weighted by Crippen LogP contribution is 2.41. The van der Waals surface area contributed by atoms with Gasteiger partial charge in [0.05, 0.1) is 15.8 Å². The zero-order valence-corrected chi connectivity index (χ0v) is 10.5. The number of anilines is 2. The number of halogens is 5. The van der Waals surface area contributed by atoms with E-state index in [-0.39, 0.29) is 15.8 Å². The van der Waals surface area contributed by atoms with Crippen LogP contribution in [0.4, 0.5) is 28.9 Å². The number of amides is 1.